The first-order valence-corrected chi connectivity index (χ1v) is 5.52. The minimum Gasteiger partial charge on any atom is -0.415 e. The van der Waals surface area contributed by atoms with Gasteiger partial charge in [0.2, 0.25) is 11.8 Å². The Labute approximate surface area is 164 Å². The molecule has 0 atom stereocenters. The Morgan fingerprint density at radius 3 is 0.655 bits per heavy atom. The standard InChI is InChI=1S/C6H6F8.C4F8.2CH3.Ni/c1-3(7,8)5(11,12)6(13,14)4(2,9)10;5-1(6)3(9,10)4(11,12)2(7)8;;;/h1-2H3;;2*1H3;/q;-2;2*-1;. The van der Waals surface area contributed by atoms with E-state index in [0.29, 0.717) is 0 Å². The third-order valence-electron chi connectivity index (χ3n) is 2.37. The summed E-state index contributed by atoms with van der Waals surface area (Å²) in [5, 5.41) is 0. The van der Waals surface area contributed by atoms with E-state index in [1.165, 1.54) is 0 Å². The van der Waals surface area contributed by atoms with Crippen molar-refractivity contribution in [2.24, 2.45) is 0 Å². The van der Waals surface area contributed by atoms with Crippen molar-refractivity contribution in [3.05, 3.63) is 27.7 Å². The summed E-state index contributed by atoms with van der Waals surface area (Å²) < 4.78 is 187. The number of halogens is 16. The molecule has 0 amide bonds. The summed E-state index contributed by atoms with van der Waals surface area (Å²) in [4.78, 5) is 0. The first-order valence-electron chi connectivity index (χ1n) is 5.52. The van der Waals surface area contributed by atoms with Gasteiger partial charge in [-0.2, -0.15) is 35.1 Å². The van der Waals surface area contributed by atoms with E-state index in [4.69, 9.17) is 0 Å². The summed E-state index contributed by atoms with van der Waals surface area (Å²) in [6.07, 6.45) is -8.11. The third-order valence-corrected chi connectivity index (χ3v) is 2.37. The van der Waals surface area contributed by atoms with Gasteiger partial charge in [0.05, 0.1) is 12.9 Å². The first-order chi connectivity index (χ1) is 10.9. The van der Waals surface area contributed by atoms with Crippen molar-refractivity contribution in [2.75, 3.05) is 0 Å². The fourth-order valence-electron chi connectivity index (χ4n) is 0.789. The van der Waals surface area contributed by atoms with Crippen LogP contribution in [0.3, 0.4) is 0 Å². The zero-order chi connectivity index (χ0) is 22.2. The van der Waals surface area contributed by atoms with Crippen LogP contribution in [0.4, 0.5) is 70.2 Å². The van der Waals surface area contributed by atoms with Crippen LogP contribution in [0.25, 0.3) is 0 Å². The molecule has 29 heavy (non-hydrogen) atoms. The van der Waals surface area contributed by atoms with Gasteiger partial charge in [0.25, 0.3) is 0 Å². The minimum absolute atomic E-state index is 0. The van der Waals surface area contributed by atoms with E-state index in [2.05, 4.69) is 0 Å². The number of hydrogen-bond acceptors (Lipinski definition) is 0. The molecular formula is C12H12F16Ni-4. The molecule has 0 aromatic heterocycles. The van der Waals surface area contributed by atoms with Crippen molar-refractivity contribution >= 4 is 0 Å². The molecule has 0 radical (unpaired) electrons. The molecule has 0 fully saturated rings. The summed E-state index contributed by atoms with van der Waals surface area (Å²) in [5.41, 5.74) is 0. The van der Waals surface area contributed by atoms with Crippen LogP contribution < -0.4 is 0 Å². The maximum absolute atomic E-state index is 12.2. The molecule has 0 aliphatic heterocycles. The molecule has 0 aromatic carbocycles. The first kappa shape index (κ1) is 38.9. The van der Waals surface area contributed by atoms with E-state index in [1.807, 2.05) is 0 Å². The molecule has 0 saturated carbocycles. The molecule has 0 aromatic rings. The largest absolute Gasteiger partial charge is 0.415 e. The molecular weight excluding hydrogens is 507 g/mol. The molecule has 186 valence electrons. The van der Waals surface area contributed by atoms with E-state index in [0.717, 1.165) is 0 Å². The van der Waals surface area contributed by atoms with E-state index in [9.17, 15) is 70.2 Å². The zero-order valence-electron chi connectivity index (χ0n) is 14.4. The average Bonchev–Trinajstić information content (AvgIpc) is 2.35. The summed E-state index contributed by atoms with van der Waals surface area (Å²) in [6, 6.07) is 0. The second-order valence-corrected chi connectivity index (χ2v) is 4.60. The van der Waals surface area contributed by atoms with Gasteiger partial charge in [-0.05, 0) is 0 Å². The number of hydrogen-bond donors (Lipinski definition) is 0. The second-order valence-electron chi connectivity index (χ2n) is 4.60. The maximum Gasteiger partial charge on any atom is 0.377 e. The van der Waals surface area contributed by atoms with Gasteiger partial charge in [0.1, 0.15) is 0 Å². The van der Waals surface area contributed by atoms with Crippen molar-refractivity contribution in [1.29, 1.82) is 0 Å². The van der Waals surface area contributed by atoms with Crippen LogP contribution in [0.15, 0.2) is 0 Å². The van der Waals surface area contributed by atoms with Crippen molar-refractivity contribution in [2.45, 2.75) is 49.4 Å². The Balaban J connectivity index is -0.000000121. The Morgan fingerprint density at radius 1 is 0.448 bits per heavy atom. The van der Waals surface area contributed by atoms with Crippen molar-refractivity contribution in [3.63, 3.8) is 0 Å². The summed E-state index contributed by atoms with van der Waals surface area (Å²) in [6.45, 7) is -1.10. The van der Waals surface area contributed by atoms with Gasteiger partial charge < -0.3 is 32.4 Å². The van der Waals surface area contributed by atoms with Crippen LogP contribution in [0.1, 0.15) is 13.8 Å². The SMILES string of the molecule is CC(F)(F)C(F)(F)C(F)(F)C(C)(F)F.F[C-](F)C(F)(F)C(F)(F)[C-](F)F.[CH3-].[CH3-].[Ni]. The fourth-order valence-corrected chi connectivity index (χ4v) is 0.789. The summed E-state index contributed by atoms with van der Waals surface area (Å²) in [5.74, 6) is -34.9. The van der Waals surface area contributed by atoms with Gasteiger partial charge in [-0.15, -0.1) is 0 Å². The van der Waals surface area contributed by atoms with Gasteiger partial charge in [0, 0.05) is 30.3 Å². The van der Waals surface area contributed by atoms with Crippen LogP contribution in [0, 0.1) is 27.7 Å². The number of rotatable bonds is 6. The second kappa shape index (κ2) is 11.1. The predicted molar refractivity (Wildman–Crippen MR) is 64.8 cm³/mol. The zero-order valence-corrected chi connectivity index (χ0v) is 15.4. The van der Waals surface area contributed by atoms with Crippen molar-refractivity contribution in [3.8, 4) is 0 Å². The fraction of sp³-hybridized carbons (Fsp3) is 0.667. The van der Waals surface area contributed by atoms with Gasteiger partial charge in [0.15, 0.2) is 0 Å². The molecule has 17 heteroatoms. The van der Waals surface area contributed by atoms with E-state index in [-0.39, 0.29) is 31.3 Å². The molecule has 0 aliphatic carbocycles. The Hall–Kier alpha value is -0.626. The third kappa shape index (κ3) is 7.85. The quantitative estimate of drug-likeness (QED) is 0.193. The van der Waals surface area contributed by atoms with Crippen molar-refractivity contribution in [1.82, 2.24) is 0 Å². The molecule has 0 saturated heterocycles. The smallest absolute Gasteiger partial charge is 0.377 e. The van der Waals surface area contributed by atoms with Crippen LogP contribution in [-0.2, 0) is 16.5 Å². The molecule has 0 heterocycles. The number of alkyl halides is 12. The average molecular weight is 519 g/mol. The Morgan fingerprint density at radius 2 is 0.586 bits per heavy atom. The Kier molecular flexibility index (Phi) is 14.9. The van der Waals surface area contributed by atoms with Crippen LogP contribution in [0.5, 0.6) is 0 Å². The topological polar surface area (TPSA) is 0 Å². The van der Waals surface area contributed by atoms with Gasteiger partial charge in [-0.3, -0.25) is 0 Å². The Bertz CT molecular complexity index is 406. The molecule has 0 N–H and O–H groups in total. The van der Waals surface area contributed by atoms with Crippen LogP contribution >= 0.6 is 0 Å². The summed E-state index contributed by atoms with van der Waals surface area (Å²) in [7, 11) is 0. The van der Waals surface area contributed by atoms with Crippen LogP contribution in [0.2, 0.25) is 0 Å². The molecule has 0 rings (SSSR count). The van der Waals surface area contributed by atoms with Gasteiger partial charge >= 0.3 is 23.7 Å². The van der Waals surface area contributed by atoms with Gasteiger partial charge in [-0.1, -0.05) is 0 Å². The van der Waals surface area contributed by atoms with E-state index >= 15 is 0 Å². The minimum atomic E-state index is -6.12. The van der Waals surface area contributed by atoms with Crippen LogP contribution in [-0.4, -0.2) is 35.5 Å². The van der Waals surface area contributed by atoms with Crippen molar-refractivity contribution < 1.29 is 86.7 Å². The van der Waals surface area contributed by atoms with E-state index in [1.54, 1.807) is 0 Å². The normalized spacial score (nSPS) is 13.7. The maximum atomic E-state index is 12.2. The molecule has 0 spiro atoms. The van der Waals surface area contributed by atoms with E-state index < -0.39 is 62.2 Å². The molecule has 0 unspecified atom stereocenters. The van der Waals surface area contributed by atoms with Gasteiger partial charge in [-0.25, -0.2) is 17.6 Å². The summed E-state index contributed by atoms with van der Waals surface area (Å²) >= 11 is 0. The monoisotopic (exact) mass is 518 g/mol. The predicted octanol–water partition coefficient (Wildman–Crippen LogP) is 7.58. The molecule has 0 nitrogen and oxygen atoms in total. The molecule has 0 bridgehead atoms. The molecule has 0 aliphatic rings.